The number of furan rings is 1. The van der Waals surface area contributed by atoms with Crippen LogP contribution in [0.2, 0.25) is 0 Å². The van der Waals surface area contributed by atoms with E-state index >= 15 is 0 Å². The second-order valence-electron chi connectivity index (χ2n) is 8.31. The number of rotatable bonds is 2. The summed E-state index contributed by atoms with van der Waals surface area (Å²) in [5.74, 6) is 0.533. The maximum absolute atomic E-state index is 6.39. The summed E-state index contributed by atoms with van der Waals surface area (Å²) in [6.45, 7) is 2.28. The lowest BCUT2D eigenvalue weighted by atomic mass is 9.86. The van der Waals surface area contributed by atoms with Gasteiger partial charge in [-0.05, 0) is 71.7 Å². The summed E-state index contributed by atoms with van der Waals surface area (Å²) in [4.78, 5) is 0. The van der Waals surface area contributed by atoms with E-state index in [4.69, 9.17) is 4.42 Å². The minimum Gasteiger partial charge on any atom is -0.456 e. The molecule has 1 unspecified atom stereocenters. The Labute approximate surface area is 170 Å². The van der Waals surface area contributed by atoms with E-state index in [2.05, 4.69) is 79.0 Å². The molecule has 2 aliphatic rings. The van der Waals surface area contributed by atoms with Crippen molar-refractivity contribution in [2.75, 3.05) is 5.32 Å². The Balaban J connectivity index is 1.62. The molecule has 0 radical (unpaired) electrons. The fourth-order valence-electron chi connectivity index (χ4n) is 4.78. The third-order valence-corrected chi connectivity index (χ3v) is 6.22. The Kier molecular flexibility index (Phi) is 3.67. The first kappa shape index (κ1) is 16.7. The highest BCUT2D eigenvalue weighted by atomic mass is 16.3. The zero-order chi connectivity index (χ0) is 19.4. The quantitative estimate of drug-likeness (QED) is 0.391. The van der Waals surface area contributed by atoms with E-state index < -0.39 is 0 Å². The molecule has 0 saturated heterocycles. The number of hydrogen-bond donors (Lipinski definition) is 1. The molecular formula is C27H23NO. The van der Waals surface area contributed by atoms with E-state index in [1.807, 2.05) is 6.07 Å². The average molecular weight is 377 g/mol. The first-order valence-corrected chi connectivity index (χ1v) is 10.5. The van der Waals surface area contributed by atoms with Crippen LogP contribution in [0.15, 0.2) is 65.1 Å². The molecule has 1 aromatic heterocycles. The highest BCUT2D eigenvalue weighted by Gasteiger charge is 2.22. The zero-order valence-corrected chi connectivity index (χ0v) is 16.5. The molecule has 142 valence electrons. The van der Waals surface area contributed by atoms with Crippen LogP contribution in [0.25, 0.3) is 34.1 Å². The number of hydrogen-bond acceptors (Lipinski definition) is 2. The van der Waals surface area contributed by atoms with Crippen molar-refractivity contribution in [3.8, 4) is 0 Å². The molecule has 0 amide bonds. The molecule has 4 aromatic rings. The molecule has 1 N–H and O–H groups in total. The van der Waals surface area contributed by atoms with Crippen molar-refractivity contribution in [1.29, 1.82) is 0 Å². The third-order valence-electron chi connectivity index (χ3n) is 6.22. The Morgan fingerprint density at radius 1 is 1.00 bits per heavy atom. The molecule has 0 saturated carbocycles. The molecule has 3 aromatic carbocycles. The summed E-state index contributed by atoms with van der Waals surface area (Å²) in [6, 6.07) is 17.2. The number of fused-ring (bicyclic) bond motifs is 6. The lowest BCUT2D eigenvalue weighted by Crippen LogP contribution is -2.07. The van der Waals surface area contributed by atoms with Crippen LogP contribution < -0.4 is 5.32 Å². The van der Waals surface area contributed by atoms with E-state index in [9.17, 15) is 0 Å². The van der Waals surface area contributed by atoms with Crippen molar-refractivity contribution in [1.82, 2.24) is 0 Å². The molecule has 2 aliphatic carbocycles. The molecular weight excluding hydrogens is 354 g/mol. The predicted molar refractivity (Wildman–Crippen MR) is 123 cm³/mol. The van der Waals surface area contributed by atoms with Crippen LogP contribution in [0.1, 0.15) is 35.6 Å². The fourth-order valence-corrected chi connectivity index (χ4v) is 4.78. The summed E-state index contributed by atoms with van der Waals surface area (Å²) in [5.41, 5.74) is 9.62. The van der Waals surface area contributed by atoms with E-state index in [1.54, 1.807) is 0 Å². The van der Waals surface area contributed by atoms with Crippen molar-refractivity contribution in [3.05, 3.63) is 82.9 Å². The molecule has 1 atom stereocenters. The van der Waals surface area contributed by atoms with Crippen LogP contribution >= 0.6 is 0 Å². The van der Waals surface area contributed by atoms with Gasteiger partial charge in [-0.15, -0.1) is 0 Å². The van der Waals surface area contributed by atoms with E-state index in [0.29, 0.717) is 5.92 Å². The Bertz CT molecular complexity index is 1310. The Hall–Kier alpha value is -3.26. The van der Waals surface area contributed by atoms with Crippen LogP contribution in [-0.2, 0) is 12.8 Å². The summed E-state index contributed by atoms with van der Waals surface area (Å²) in [6.07, 6.45) is 12.4. The molecule has 0 fully saturated rings. The lowest BCUT2D eigenvalue weighted by Gasteiger charge is -2.21. The molecule has 6 rings (SSSR count). The van der Waals surface area contributed by atoms with Gasteiger partial charge in [-0.2, -0.15) is 0 Å². The molecule has 0 spiro atoms. The molecule has 0 bridgehead atoms. The Morgan fingerprint density at radius 2 is 1.90 bits per heavy atom. The van der Waals surface area contributed by atoms with Gasteiger partial charge in [0.2, 0.25) is 0 Å². The number of para-hydroxylation sites is 1. The molecule has 29 heavy (non-hydrogen) atoms. The van der Waals surface area contributed by atoms with Crippen LogP contribution in [0, 0.1) is 5.92 Å². The molecule has 0 aliphatic heterocycles. The van der Waals surface area contributed by atoms with Gasteiger partial charge in [0.05, 0.1) is 0 Å². The standard InChI is InChI=1S/C27H23NO/c1-17-11-12-21-22(13-17)24(28-20-9-3-2-4-10-20)16-26-27(21)23-14-18-7-5-6-8-19(18)15-25(23)29-26/h2-5,7,9-12,14-17,28H,6,8,13H2,1H3. The van der Waals surface area contributed by atoms with Crippen molar-refractivity contribution < 1.29 is 4.42 Å². The van der Waals surface area contributed by atoms with Gasteiger partial charge >= 0.3 is 0 Å². The summed E-state index contributed by atoms with van der Waals surface area (Å²) >= 11 is 0. The van der Waals surface area contributed by atoms with Crippen molar-refractivity contribution in [2.45, 2.75) is 26.2 Å². The minimum atomic E-state index is 0.533. The maximum Gasteiger partial charge on any atom is 0.138 e. The average Bonchev–Trinajstić information content (AvgIpc) is 3.10. The van der Waals surface area contributed by atoms with Crippen LogP contribution in [0.3, 0.4) is 0 Å². The first-order valence-electron chi connectivity index (χ1n) is 10.5. The van der Waals surface area contributed by atoms with Crippen molar-refractivity contribution in [2.24, 2.45) is 5.92 Å². The summed E-state index contributed by atoms with van der Waals surface area (Å²) < 4.78 is 6.39. The molecule has 2 nitrogen and oxygen atoms in total. The number of aryl methyl sites for hydroxylation is 1. The topological polar surface area (TPSA) is 25.2 Å². The minimum absolute atomic E-state index is 0.533. The van der Waals surface area contributed by atoms with Gasteiger partial charge < -0.3 is 9.73 Å². The van der Waals surface area contributed by atoms with Crippen LogP contribution in [-0.4, -0.2) is 0 Å². The smallest absolute Gasteiger partial charge is 0.138 e. The number of allylic oxidation sites excluding steroid dienone is 2. The van der Waals surface area contributed by atoms with E-state index in [0.717, 1.165) is 41.8 Å². The van der Waals surface area contributed by atoms with E-state index in [1.165, 1.54) is 33.0 Å². The highest BCUT2D eigenvalue weighted by molar-refractivity contribution is 6.12. The lowest BCUT2D eigenvalue weighted by molar-refractivity contribution is 0.667. The number of anilines is 2. The number of nitrogens with one attached hydrogen (secondary N) is 1. The fraction of sp³-hybridized carbons (Fsp3) is 0.185. The van der Waals surface area contributed by atoms with Gasteiger partial charge in [-0.25, -0.2) is 0 Å². The SMILES string of the molecule is CC1C=Cc2c(c(Nc3ccccc3)cc3oc4cc5c(cc4c23)C=CCC5)C1. The van der Waals surface area contributed by atoms with Gasteiger partial charge in [0, 0.05) is 28.2 Å². The van der Waals surface area contributed by atoms with Crippen LogP contribution in [0.5, 0.6) is 0 Å². The summed E-state index contributed by atoms with van der Waals surface area (Å²) in [7, 11) is 0. The van der Waals surface area contributed by atoms with Gasteiger partial charge in [-0.3, -0.25) is 0 Å². The highest BCUT2D eigenvalue weighted by Crippen LogP contribution is 2.42. The van der Waals surface area contributed by atoms with Crippen LogP contribution in [0.4, 0.5) is 11.4 Å². The number of benzene rings is 3. The predicted octanol–water partition coefficient (Wildman–Crippen LogP) is 7.49. The maximum atomic E-state index is 6.39. The molecule has 2 heteroatoms. The van der Waals surface area contributed by atoms with Gasteiger partial charge in [-0.1, -0.05) is 49.4 Å². The van der Waals surface area contributed by atoms with Gasteiger partial charge in [0.15, 0.2) is 0 Å². The largest absolute Gasteiger partial charge is 0.456 e. The van der Waals surface area contributed by atoms with E-state index in [-0.39, 0.29) is 0 Å². The second kappa shape index (κ2) is 6.38. The monoisotopic (exact) mass is 377 g/mol. The molecule has 1 heterocycles. The summed E-state index contributed by atoms with van der Waals surface area (Å²) in [5, 5.41) is 6.12. The Morgan fingerprint density at radius 3 is 2.79 bits per heavy atom. The van der Waals surface area contributed by atoms with Gasteiger partial charge in [0.1, 0.15) is 11.2 Å². The van der Waals surface area contributed by atoms with Crippen molar-refractivity contribution in [3.63, 3.8) is 0 Å². The van der Waals surface area contributed by atoms with Gasteiger partial charge in [0.25, 0.3) is 0 Å². The normalized spacial score (nSPS) is 17.5. The zero-order valence-electron chi connectivity index (χ0n) is 16.5. The van der Waals surface area contributed by atoms with Crippen molar-refractivity contribution >= 4 is 45.5 Å². The first-order chi connectivity index (χ1) is 14.3. The second-order valence-corrected chi connectivity index (χ2v) is 8.31. The third kappa shape index (κ3) is 2.71.